The molecule has 20 heavy (non-hydrogen) atoms. The van der Waals surface area contributed by atoms with Gasteiger partial charge >= 0.3 is 12.4 Å². The minimum absolute atomic E-state index is 0.0718. The van der Waals surface area contributed by atoms with Crippen LogP contribution in [0.15, 0.2) is 23.1 Å². The number of nitrogens with two attached hydrogens (primary N) is 1. The lowest BCUT2D eigenvalue weighted by molar-refractivity contribution is -0.152. The molecule has 0 amide bonds. The maximum absolute atomic E-state index is 12.4. The summed E-state index contributed by atoms with van der Waals surface area (Å²) in [6, 6.07) is 3.47. The molecule has 110 valence electrons. The molecule has 2 nitrogen and oxygen atoms in total. The quantitative estimate of drug-likeness (QED) is 0.519. The summed E-state index contributed by atoms with van der Waals surface area (Å²) in [7, 11) is 0. The summed E-state index contributed by atoms with van der Waals surface area (Å²) in [5, 5.41) is 8.40. The first-order valence-electron chi connectivity index (χ1n) is 5.11. The van der Waals surface area contributed by atoms with E-state index in [0.717, 1.165) is 18.2 Å². The van der Waals surface area contributed by atoms with Gasteiger partial charge < -0.3 is 5.73 Å². The Hall–Kier alpha value is -1.56. The summed E-state index contributed by atoms with van der Waals surface area (Å²) in [6.07, 6.45) is -9.25. The third kappa shape index (κ3) is 4.23. The zero-order valence-electron chi connectivity index (χ0n) is 9.72. The van der Waals surface area contributed by atoms with E-state index in [1.807, 2.05) is 0 Å². The third-order valence-corrected chi connectivity index (χ3v) is 3.48. The Morgan fingerprint density at radius 2 is 1.80 bits per heavy atom. The number of rotatable bonds is 3. The Morgan fingerprint density at radius 3 is 2.20 bits per heavy atom. The molecule has 1 rings (SSSR count). The Kier molecular flexibility index (Phi) is 4.81. The maximum atomic E-state index is 12.4. The van der Waals surface area contributed by atoms with Crippen molar-refractivity contribution in [3.05, 3.63) is 23.8 Å². The number of hydrogen-bond donors (Lipinski definition) is 1. The number of nitriles is 1. The number of halogens is 6. The van der Waals surface area contributed by atoms with E-state index >= 15 is 0 Å². The monoisotopic (exact) mass is 314 g/mol. The van der Waals surface area contributed by atoms with Crippen molar-refractivity contribution in [2.45, 2.75) is 17.2 Å². The molecule has 1 atom stereocenters. The van der Waals surface area contributed by atoms with Crippen molar-refractivity contribution in [1.82, 2.24) is 0 Å². The zero-order valence-corrected chi connectivity index (χ0v) is 10.5. The highest BCUT2D eigenvalue weighted by Crippen LogP contribution is 2.36. The molecule has 0 aliphatic heterocycles. The predicted octanol–water partition coefficient (Wildman–Crippen LogP) is 4.08. The molecule has 0 spiro atoms. The second-order valence-electron chi connectivity index (χ2n) is 3.78. The fourth-order valence-electron chi connectivity index (χ4n) is 1.23. The van der Waals surface area contributed by atoms with Gasteiger partial charge in [0, 0.05) is 16.3 Å². The van der Waals surface area contributed by atoms with Crippen LogP contribution in [0.1, 0.15) is 5.56 Å². The highest BCUT2D eigenvalue weighted by Gasteiger charge is 2.40. The first kappa shape index (κ1) is 16.5. The summed E-state index contributed by atoms with van der Waals surface area (Å²) in [4.78, 5) is 0.0718. The van der Waals surface area contributed by atoms with Gasteiger partial charge in [-0.3, -0.25) is 0 Å². The zero-order chi connectivity index (χ0) is 15.6. The van der Waals surface area contributed by atoms with E-state index in [-0.39, 0.29) is 10.6 Å². The Labute approximate surface area is 114 Å². The van der Waals surface area contributed by atoms with Crippen LogP contribution in [0, 0.1) is 17.2 Å². The van der Waals surface area contributed by atoms with E-state index in [0.29, 0.717) is 17.8 Å². The van der Waals surface area contributed by atoms with Crippen LogP contribution in [0.2, 0.25) is 0 Å². The molecular formula is C11H8F6N2S. The minimum Gasteiger partial charge on any atom is -0.398 e. The van der Waals surface area contributed by atoms with Gasteiger partial charge in [0.2, 0.25) is 0 Å². The van der Waals surface area contributed by atoms with E-state index in [2.05, 4.69) is 0 Å². The number of anilines is 1. The fourth-order valence-corrected chi connectivity index (χ4v) is 2.23. The van der Waals surface area contributed by atoms with Crippen LogP contribution >= 0.6 is 11.8 Å². The van der Waals surface area contributed by atoms with Gasteiger partial charge in [-0.1, -0.05) is 0 Å². The number of benzene rings is 1. The molecule has 0 aliphatic carbocycles. The van der Waals surface area contributed by atoms with E-state index in [1.165, 1.54) is 0 Å². The van der Waals surface area contributed by atoms with E-state index in [4.69, 9.17) is 11.0 Å². The Morgan fingerprint density at radius 1 is 1.20 bits per heavy atom. The number of thioether (sulfide) groups is 1. The van der Waals surface area contributed by atoms with Crippen molar-refractivity contribution in [2.24, 2.45) is 5.92 Å². The van der Waals surface area contributed by atoms with Gasteiger partial charge in [-0.25, -0.2) is 0 Å². The molecule has 1 unspecified atom stereocenters. The third-order valence-electron chi connectivity index (χ3n) is 2.29. The normalized spacial score (nSPS) is 13.8. The maximum Gasteiger partial charge on any atom is 0.416 e. The van der Waals surface area contributed by atoms with Crippen molar-refractivity contribution in [2.75, 3.05) is 11.5 Å². The number of hydrogen-bond acceptors (Lipinski definition) is 3. The molecule has 9 heteroatoms. The van der Waals surface area contributed by atoms with Crippen molar-refractivity contribution < 1.29 is 26.3 Å². The van der Waals surface area contributed by atoms with Gasteiger partial charge in [-0.15, -0.1) is 11.8 Å². The molecule has 1 aromatic rings. The van der Waals surface area contributed by atoms with Gasteiger partial charge in [-0.2, -0.15) is 31.6 Å². The molecule has 0 aromatic heterocycles. The standard InChI is InChI=1S/C11H8F6N2S/c12-10(13,14)6-1-2-9(8(19)3-6)20-5-7(4-18)11(15,16)17/h1-3,7H,5,19H2. The van der Waals surface area contributed by atoms with Gasteiger partial charge in [0.05, 0.1) is 11.6 Å². The van der Waals surface area contributed by atoms with Gasteiger partial charge in [0.1, 0.15) is 0 Å². The average molecular weight is 314 g/mol. The van der Waals surface area contributed by atoms with Crippen LogP contribution in [0.25, 0.3) is 0 Å². The lowest BCUT2D eigenvalue weighted by Crippen LogP contribution is -2.23. The van der Waals surface area contributed by atoms with Crippen LogP contribution in [0.5, 0.6) is 0 Å². The number of alkyl halides is 6. The summed E-state index contributed by atoms with van der Waals surface area (Å²) >= 11 is 0.591. The average Bonchev–Trinajstić information content (AvgIpc) is 2.28. The largest absolute Gasteiger partial charge is 0.416 e. The summed E-state index contributed by atoms with van der Waals surface area (Å²) in [5.74, 6) is -2.83. The van der Waals surface area contributed by atoms with Crippen LogP contribution in [0.3, 0.4) is 0 Å². The topological polar surface area (TPSA) is 49.8 Å². The van der Waals surface area contributed by atoms with E-state index in [9.17, 15) is 26.3 Å². The van der Waals surface area contributed by atoms with Crippen molar-refractivity contribution >= 4 is 17.4 Å². The summed E-state index contributed by atoms with van der Waals surface area (Å²) < 4.78 is 74.1. The molecule has 0 saturated carbocycles. The lowest BCUT2D eigenvalue weighted by atomic mass is 10.2. The molecule has 0 heterocycles. The van der Waals surface area contributed by atoms with Crippen LogP contribution < -0.4 is 5.73 Å². The second-order valence-corrected chi connectivity index (χ2v) is 4.85. The molecular weight excluding hydrogens is 306 g/mol. The summed E-state index contributed by atoms with van der Waals surface area (Å²) in [5.41, 5.74) is 4.12. The van der Waals surface area contributed by atoms with Crippen LogP contribution in [0.4, 0.5) is 32.0 Å². The SMILES string of the molecule is N#CC(CSc1ccc(C(F)(F)F)cc1N)C(F)(F)F. The number of nitrogen functional groups attached to an aromatic ring is 1. The van der Waals surface area contributed by atoms with Gasteiger partial charge in [0.25, 0.3) is 0 Å². The van der Waals surface area contributed by atoms with E-state index < -0.39 is 29.6 Å². The van der Waals surface area contributed by atoms with Crippen LogP contribution in [-0.2, 0) is 6.18 Å². The van der Waals surface area contributed by atoms with Crippen LogP contribution in [-0.4, -0.2) is 11.9 Å². The lowest BCUT2D eigenvalue weighted by Gasteiger charge is -2.14. The molecule has 0 aliphatic rings. The van der Waals surface area contributed by atoms with Crippen molar-refractivity contribution in [3.8, 4) is 6.07 Å². The molecule has 0 fully saturated rings. The van der Waals surface area contributed by atoms with Gasteiger partial charge in [0.15, 0.2) is 5.92 Å². The highest BCUT2D eigenvalue weighted by molar-refractivity contribution is 7.99. The molecule has 0 saturated heterocycles. The Bertz CT molecular complexity index is 517. The van der Waals surface area contributed by atoms with Gasteiger partial charge in [-0.05, 0) is 18.2 Å². The molecule has 2 N–H and O–H groups in total. The summed E-state index contributed by atoms with van der Waals surface area (Å²) in [6.45, 7) is 0. The predicted molar refractivity (Wildman–Crippen MR) is 61.7 cm³/mol. The van der Waals surface area contributed by atoms with E-state index in [1.54, 1.807) is 0 Å². The second kappa shape index (κ2) is 5.83. The van der Waals surface area contributed by atoms with Crippen molar-refractivity contribution in [3.63, 3.8) is 0 Å². The highest BCUT2D eigenvalue weighted by atomic mass is 32.2. The first-order chi connectivity index (χ1) is 9.05. The smallest absolute Gasteiger partial charge is 0.398 e. The number of nitrogens with zero attached hydrogens (tertiary/aromatic N) is 1. The Balaban J connectivity index is 2.83. The first-order valence-corrected chi connectivity index (χ1v) is 6.10. The van der Waals surface area contributed by atoms with Crippen molar-refractivity contribution in [1.29, 1.82) is 5.26 Å². The fraction of sp³-hybridized carbons (Fsp3) is 0.364. The molecule has 1 aromatic carbocycles. The molecule has 0 radical (unpaired) electrons. The molecule has 0 bridgehead atoms. The minimum atomic E-state index is -4.68.